The van der Waals surface area contributed by atoms with Gasteiger partial charge in [0.2, 0.25) is 6.41 Å². The second-order valence-electron chi connectivity index (χ2n) is 7.02. The number of halogens is 2. The van der Waals surface area contributed by atoms with Crippen molar-refractivity contribution >= 4 is 24.1 Å². The molecule has 0 N–H and O–H groups in total. The third-order valence-electron chi connectivity index (χ3n) is 4.07. The summed E-state index contributed by atoms with van der Waals surface area (Å²) >= 11 is 1.47. The first-order valence-electron chi connectivity index (χ1n) is 7.53. The fourth-order valence-electron chi connectivity index (χ4n) is 3.04. The largest absolute Gasteiger partial charge is 0.467 e. The zero-order valence-electron chi connectivity index (χ0n) is 14.1. The fourth-order valence-corrected chi connectivity index (χ4v) is 4.75. The molecule has 24 heavy (non-hydrogen) atoms. The number of esters is 1. The molecule has 0 aliphatic carbocycles. The minimum Gasteiger partial charge on any atom is -0.467 e. The van der Waals surface area contributed by atoms with Crippen LogP contribution < -0.4 is 0 Å². The topological polar surface area (TPSA) is 46.6 Å². The van der Waals surface area contributed by atoms with Gasteiger partial charge in [0.05, 0.1) is 12.5 Å². The minimum absolute atomic E-state index is 0.00727. The Labute approximate surface area is 144 Å². The first-order valence-corrected chi connectivity index (χ1v) is 8.57. The van der Waals surface area contributed by atoms with E-state index >= 15 is 0 Å². The van der Waals surface area contributed by atoms with Crippen LogP contribution in [0.4, 0.5) is 8.78 Å². The van der Waals surface area contributed by atoms with Gasteiger partial charge in [-0.25, -0.2) is 13.6 Å². The predicted octanol–water partition coefficient (Wildman–Crippen LogP) is 3.00. The zero-order valence-corrected chi connectivity index (χ0v) is 15.0. The van der Waals surface area contributed by atoms with Gasteiger partial charge in [0.25, 0.3) is 0 Å². The molecule has 132 valence electrons. The third-order valence-corrected chi connectivity index (χ3v) is 5.96. The van der Waals surface area contributed by atoms with Gasteiger partial charge >= 0.3 is 5.97 Å². The standard InChI is InChI=1S/C17H21F2NO3S/c1-16(2,3)14-20(10-21)17(9-24-14,15(22)23-4)8-11-5-12(18)7-13(19)6-11/h5-7,10,14H,8-9H2,1-4H3/t14-,17+/m1/s1. The Morgan fingerprint density at radius 2 is 1.96 bits per heavy atom. The monoisotopic (exact) mass is 357 g/mol. The van der Waals surface area contributed by atoms with Crippen LogP contribution in [0.1, 0.15) is 26.3 Å². The van der Waals surface area contributed by atoms with E-state index in [-0.39, 0.29) is 17.2 Å². The van der Waals surface area contributed by atoms with Crippen LogP contribution in [0.3, 0.4) is 0 Å². The van der Waals surface area contributed by atoms with Gasteiger partial charge in [0, 0.05) is 18.2 Å². The van der Waals surface area contributed by atoms with Crippen LogP contribution in [0, 0.1) is 17.0 Å². The van der Waals surface area contributed by atoms with Crippen molar-refractivity contribution in [3.63, 3.8) is 0 Å². The predicted molar refractivity (Wildman–Crippen MR) is 88.4 cm³/mol. The van der Waals surface area contributed by atoms with Crippen LogP contribution in [0.2, 0.25) is 0 Å². The number of methoxy groups -OCH3 is 1. The van der Waals surface area contributed by atoms with Crippen molar-refractivity contribution in [1.82, 2.24) is 4.90 Å². The summed E-state index contributed by atoms with van der Waals surface area (Å²) in [5.74, 6) is -1.72. The van der Waals surface area contributed by atoms with Crippen molar-refractivity contribution < 1.29 is 23.1 Å². The van der Waals surface area contributed by atoms with Crippen molar-refractivity contribution in [3.8, 4) is 0 Å². The Hall–Kier alpha value is -1.63. The molecule has 0 spiro atoms. The quantitative estimate of drug-likeness (QED) is 0.614. The Balaban J connectivity index is 2.47. The number of amides is 1. The average molecular weight is 357 g/mol. The lowest BCUT2D eigenvalue weighted by molar-refractivity contribution is -0.157. The smallest absolute Gasteiger partial charge is 0.333 e. The highest BCUT2D eigenvalue weighted by molar-refractivity contribution is 8.00. The van der Waals surface area contributed by atoms with Gasteiger partial charge in [-0.15, -0.1) is 11.8 Å². The molecular weight excluding hydrogens is 336 g/mol. The molecule has 0 bridgehead atoms. The highest BCUT2D eigenvalue weighted by Gasteiger charge is 2.55. The first kappa shape index (κ1) is 18.7. The molecule has 0 radical (unpaired) electrons. The molecule has 0 aromatic heterocycles. The lowest BCUT2D eigenvalue weighted by Gasteiger charge is -2.39. The maximum Gasteiger partial charge on any atom is 0.333 e. The number of nitrogens with zero attached hydrogens (tertiary/aromatic N) is 1. The Kier molecular flexibility index (Phi) is 5.22. The number of benzene rings is 1. The third kappa shape index (κ3) is 3.41. The van der Waals surface area contributed by atoms with Crippen LogP contribution in [0.5, 0.6) is 0 Å². The van der Waals surface area contributed by atoms with E-state index in [9.17, 15) is 18.4 Å². The Morgan fingerprint density at radius 3 is 2.42 bits per heavy atom. The van der Waals surface area contributed by atoms with Crippen molar-refractivity contribution in [2.24, 2.45) is 5.41 Å². The average Bonchev–Trinajstić information content (AvgIpc) is 2.84. The molecule has 2 atom stereocenters. The lowest BCUT2D eigenvalue weighted by atomic mass is 9.87. The number of thioether (sulfide) groups is 1. The summed E-state index contributed by atoms with van der Waals surface area (Å²) in [6, 6.07) is 3.12. The van der Waals surface area contributed by atoms with E-state index < -0.39 is 23.1 Å². The summed E-state index contributed by atoms with van der Waals surface area (Å²) in [4.78, 5) is 25.7. The van der Waals surface area contributed by atoms with Gasteiger partial charge in [-0.3, -0.25) is 4.79 Å². The first-order chi connectivity index (χ1) is 11.1. The molecule has 4 nitrogen and oxygen atoms in total. The molecule has 0 unspecified atom stereocenters. The highest BCUT2D eigenvalue weighted by atomic mass is 32.2. The van der Waals surface area contributed by atoms with Crippen molar-refractivity contribution in [3.05, 3.63) is 35.4 Å². The molecule has 7 heteroatoms. The molecule has 1 amide bonds. The fraction of sp³-hybridized carbons (Fsp3) is 0.529. The summed E-state index contributed by atoms with van der Waals surface area (Å²) in [6.07, 6.45) is 0.620. The van der Waals surface area contributed by atoms with Gasteiger partial charge in [-0.1, -0.05) is 20.8 Å². The number of hydrogen-bond acceptors (Lipinski definition) is 4. The number of ether oxygens (including phenoxy) is 1. The molecule has 1 heterocycles. The Morgan fingerprint density at radius 1 is 1.38 bits per heavy atom. The second kappa shape index (κ2) is 6.70. The van der Waals surface area contributed by atoms with Crippen molar-refractivity contribution in [2.75, 3.05) is 12.9 Å². The molecule has 1 aromatic carbocycles. The molecule has 1 fully saturated rings. The van der Waals surface area contributed by atoms with E-state index in [1.54, 1.807) is 0 Å². The van der Waals surface area contributed by atoms with Gasteiger partial charge in [0.15, 0.2) is 5.54 Å². The van der Waals surface area contributed by atoms with E-state index in [1.807, 2.05) is 20.8 Å². The normalized spacial score (nSPS) is 24.1. The number of hydrogen-bond donors (Lipinski definition) is 0. The molecule has 1 aliphatic rings. The molecule has 1 aliphatic heterocycles. The maximum atomic E-state index is 13.5. The van der Waals surface area contributed by atoms with Crippen LogP contribution in [0.15, 0.2) is 18.2 Å². The molecular formula is C17H21F2NO3S. The van der Waals surface area contributed by atoms with Gasteiger partial charge in [-0.2, -0.15) is 0 Å². The maximum absolute atomic E-state index is 13.5. The molecule has 1 saturated heterocycles. The second-order valence-corrected chi connectivity index (χ2v) is 8.09. The molecule has 1 aromatic rings. The van der Waals surface area contributed by atoms with E-state index in [4.69, 9.17) is 4.74 Å². The van der Waals surface area contributed by atoms with E-state index in [2.05, 4.69) is 0 Å². The van der Waals surface area contributed by atoms with Crippen molar-refractivity contribution in [1.29, 1.82) is 0 Å². The lowest BCUT2D eigenvalue weighted by Crippen LogP contribution is -2.58. The van der Waals surface area contributed by atoms with Crippen LogP contribution in [-0.4, -0.2) is 41.1 Å². The van der Waals surface area contributed by atoms with Gasteiger partial charge < -0.3 is 9.64 Å². The van der Waals surface area contributed by atoms with Crippen LogP contribution >= 0.6 is 11.8 Å². The summed E-state index contributed by atoms with van der Waals surface area (Å²) in [5, 5.41) is -0.243. The van der Waals surface area contributed by atoms with Gasteiger partial charge in [0.1, 0.15) is 11.6 Å². The summed E-state index contributed by atoms with van der Waals surface area (Å²) in [5.41, 5.74) is -1.24. The highest BCUT2D eigenvalue weighted by Crippen LogP contribution is 2.46. The zero-order chi connectivity index (χ0) is 18.1. The summed E-state index contributed by atoms with van der Waals surface area (Å²) in [6.45, 7) is 5.91. The number of carbonyl (C=O) groups is 2. The summed E-state index contributed by atoms with van der Waals surface area (Å²) < 4.78 is 31.9. The van der Waals surface area contributed by atoms with Crippen molar-refractivity contribution in [2.45, 2.75) is 38.1 Å². The molecule has 0 saturated carbocycles. The number of rotatable bonds is 4. The molecule has 2 rings (SSSR count). The van der Waals surface area contributed by atoms with E-state index in [0.717, 1.165) is 6.07 Å². The SMILES string of the molecule is COC(=O)[C@]1(Cc2cc(F)cc(F)c2)CS[C@H](C(C)(C)C)N1C=O. The van der Waals surface area contributed by atoms with E-state index in [0.29, 0.717) is 17.7 Å². The van der Waals surface area contributed by atoms with Crippen LogP contribution in [0.25, 0.3) is 0 Å². The van der Waals surface area contributed by atoms with E-state index in [1.165, 1.54) is 35.9 Å². The van der Waals surface area contributed by atoms with Crippen LogP contribution in [-0.2, 0) is 20.7 Å². The summed E-state index contributed by atoms with van der Waals surface area (Å²) in [7, 11) is 1.24. The Bertz CT molecular complexity index is 627. The number of carbonyl (C=O) groups excluding carboxylic acids is 2. The van der Waals surface area contributed by atoms with Gasteiger partial charge in [-0.05, 0) is 23.1 Å². The minimum atomic E-state index is -1.28.